The summed E-state index contributed by atoms with van der Waals surface area (Å²) in [5, 5.41) is 7.91. The fourth-order valence-corrected chi connectivity index (χ4v) is 3.86. The van der Waals surface area contributed by atoms with Gasteiger partial charge >= 0.3 is 0 Å². The zero-order valence-electron chi connectivity index (χ0n) is 16.8. The number of morpholine rings is 1. The fourth-order valence-electron chi connectivity index (χ4n) is 3.73. The lowest BCUT2D eigenvalue weighted by Crippen LogP contribution is -2.39. The van der Waals surface area contributed by atoms with E-state index in [0.29, 0.717) is 36.9 Å². The van der Waals surface area contributed by atoms with Crippen LogP contribution >= 0.6 is 11.6 Å². The van der Waals surface area contributed by atoms with Gasteiger partial charge in [0.1, 0.15) is 5.69 Å². The molecule has 3 heterocycles. The van der Waals surface area contributed by atoms with Crippen LogP contribution in [0.5, 0.6) is 0 Å². The number of benzene rings is 1. The Balaban J connectivity index is 1.30. The average molecular weight is 432 g/mol. The van der Waals surface area contributed by atoms with Gasteiger partial charge in [0.2, 0.25) is 0 Å². The molecule has 2 aromatic rings. The molecule has 1 fully saturated rings. The van der Waals surface area contributed by atoms with Gasteiger partial charge in [-0.1, -0.05) is 23.7 Å². The second-order valence-corrected chi connectivity index (χ2v) is 7.99. The van der Waals surface area contributed by atoms with E-state index in [-0.39, 0.29) is 17.5 Å². The van der Waals surface area contributed by atoms with Gasteiger partial charge < -0.3 is 15.0 Å². The van der Waals surface area contributed by atoms with Crippen molar-refractivity contribution >= 4 is 23.4 Å². The number of hydrogen-bond donors (Lipinski definition) is 1. The van der Waals surface area contributed by atoms with Gasteiger partial charge in [-0.3, -0.25) is 19.2 Å². The molecule has 1 saturated heterocycles. The number of hydrogen-bond acceptors (Lipinski definition) is 5. The Kier molecular flexibility index (Phi) is 6.66. The molecule has 1 aromatic carbocycles. The summed E-state index contributed by atoms with van der Waals surface area (Å²) in [7, 11) is 0. The number of nitrogens with one attached hydrogen (secondary N) is 1. The highest BCUT2D eigenvalue weighted by Crippen LogP contribution is 2.18. The second-order valence-electron chi connectivity index (χ2n) is 7.55. The van der Waals surface area contributed by atoms with Crippen molar-refractivity contribution in [3.63, 3.8) is 0 Å². The minimum absolute atomic E-state index is 0.116. The van der Waals surface area contributed by atoms with Crippen LogP contribution in [0.3, 0.4) is 0 Å². The number of amides is 2. The van der Waals surface area contributed by atoms with Crippen LogP contribution < -0.4 is 5.32 Å². The molecule has 1 aromatic heterocycles. The zero-order valence-corrected chi connectivity index (χ0v) is 17.6. The maximum Gasteiger partial charge on any atom is 0.272 e. The molecule has 2 aliphatic heterocycles. The highest BCUT2D eigenvalue weighted by molar-refractivity contribution is 6.30. The molecule has 0 unspecified atom stereocenters. The van der Waals surface area contributed by atoms with Crippen molar-refractivity contribution in [2.45, 2.75) is 19.5 Å². The van der Waals surface area contributed by atoms with Crippen molar-refractivity contribution in [2.24, 2.45) is 0 Å². The number of ether oxygens (including phenoxy) is 1. The van der Waals surface area contributed by atoms with E-state index in [0.717, 1.165) is 44.8 Å². The number of carbonyl (C=O) groups excluding carboxylic acids is 2. The lowest BCUT2D eigenvalue weighted by Gasteiger charge is -2.27. The van der Waals surface area contributed by atoms with Gasteiger partial charge in [-0.05, 0) is 30.7 Å². The van der Waals surface area contributed by atoms with Crippen LogP contribution in [-0.2, 0) is 17.8 Å². The van der Waals surface area contributed by atoms with E-state index in [2.05, 4.69) is 15.3 Å². The summed E-state index contributed by atoms with van der Waals surface area (Å²) in [6.45, 7) is 6.56. The predicted octanol–water partition coefficient (Wildman–Crippen LogP) is 1.64. The predicted molar refractivity (Wildman–Crippen MR) is 113 cm³/mol. The summed E-state index contributed by atoms with van der Waals surface area (Å²) < 4.78 is 6.97. The molecule has 0 radical (unpaired) electrons. The van der Waals surface area contributed by atoms with Crippen LogP contribution in [0, 0.1) is 0 Å². The maximum absolute atomic E-state index is 12.9. The van der Waals surface area contributed by atoms with E-state index in [9.17, 15) is 9.59 Å². The van der Waals surface area contributed by atoms with E-state index in [1.807, 2.05) is 24.3 Å². The first-order valence-corrected chi connectivity index (χ1v) is 10.7. The van der Waals surface area contributed by atoms with Crippen molar-refractivity contribution in [3.8, 4) is 0 Å². The number of rotatable bonds is 7. The molecule has 0 aliphatic carbocycles. The van der Waals surface area contributed by atoms with Crippen LogP contribution in [0.15, 0.2) is 30.3 Å². The van der Waals surface area contributed by atoms with Crippen molar-refractivity contribution in [3.05, 3.63) is 52.3 Å². The third-order valence-electron chi connectivity index (χ3n) is 5.43. The number of nitrogens with zero attached hydrogens (tertiary/aromatic N) is 4. The van der Waals surface area contributed by atoms with Gasteiger partial charge in [-0.15, -0.1) is 0 Å². The molecule has 160 valence electrons. The molecular weight excluding hydrogens is 406 g/mol. The third-order valence-corrected chi connectivity index (χ3v) is 5.68. The molecule has 0 atom stereocenters. The molecular formula is C21H26ClN5O3. The Labute approximate surface area is 180 Å². The third kappa shape index (κ3) is 5.00. The van der Waals surface area contributed by atoms with Crippen LogP contribution in [0.25, 0.3) is 0 Å². The van der Waals surface area contributed by atoms with Gasteiger partial charge in [0.15, 0.2) is 5.69 Å². The monoisotopic (exact) mass is 431 g/mol. The highest BCUT2D eigenvalue weighted by Gasteiger charge is 2.27. The Bertz CT molecular complexity index is 893. The lowest BCUT2D eigenvalue weighted by atomic mass is 10.2. The van der Waals surface area contributed by atoms with Gasteiger partial charge in [0.05, 0.1) is 19.8 Å². The Hall–Kier alpha value is -2.42. The van der Waals surface area contributed by atoms with Crippen LogP contribution in [-0.4, -0.2) is 77.3 Å². The molecule has 2 aliphatic rings. The molecule has 8 nitrogen and oxygen atoms in total. The van der Waals surface area contributed by atoms with Crippen molar-refractivity contribution in [2.75, 3.05) is 45.9 Å². The highest BCUT2D eigenvalue weighted by atomic mass is 35.5. The molecule has 0 saturated carbocycles. The quantitative estimate of drug-likeness (QED) is 0.674. The SMILES string of the molecule is O=C(NCCCN1CCOCC1)c1cc2n(n1)CCN(Cc1ccc(Cl)cc1)C2=O. The van der Waals surface area contributed by atoms with E-state index in [1.165, 1.54) is 0 Å². The molecule has 4 rings (SSSR count). The maximum atomic E-state index is 12.9. The minimum Gasteiger partial charge on any atom is -0.379 e. The van der Waals surface area contributed by atoms with Gasteiger partial charge in [-0.2, -0.15) is 5.10 Å². The molecule has 0 spiro atoms. The number of carbonyl (C=O) groups is 2. The van der Waals surface area contributed by atoms with Crippen LogP contribution in [0.2, 0.25) is 5.02 Å². The minimum atomic E-state index is -0.240. The van der Waals surface area contributed by atoms with Gasteiger partial charge in [0, 0.05) is 43.8 Å². The normalized spacial score (nSPS) is 17.1. The van der Waals surface area contributed by atoms with Crippen molar-refractivity contribution in [1.29, 1.82) is 0 Å². The van der Waals surface area contributed by atoms with E-state index in [1.54, 1.807) is 15.6 Å². The largest absolute Gasteiger partial charge is 0.379 e. The van der Waals surface area contributed by atoms with E-state index >= 15 is 0 Å². The summed E-state index contributed by atoms with van der Waals surface area (Å²) in [6, 6.07) is 9.05. The van der Waals surface area contributed by atoms with E-state index < -0.39 is 0 Å². The zero-order chi connectivity index (χ0) is 20.9. The molecule has 30 heavy (non-hydrogen) atoms. The molecule has 1 N–H and O–H groups in total. The van der Waals surface area contributed by atoms with Gasteiger partial charge in [0.25, 0.3) is 11.8 Å². The van der Waals surface area contributed by atoms with Gasteiger partial charge in [-0.25, -0.2) is 0 Å². The van der Waals surface area contributed by atoms with Crippen molar-refractivity contribution in [1.82, 2.24) is 24.9 Å². The first-order chi connectivity index (χ1) is 14.6. The fraction of sp³-hybridized carbons (Fsp3) is 0.476. The number of fused-ring (bicyclic) bond motifs is 1. The summed E-state index contributed by atoms with van der Waals surface area (Å²) in [5.41, 5.74) is 1.76. The number of halogens is 1. The standard InChI is InChI=1S/C21H26ClN5O3/c22-17-4-2-16(3-5-17)15-26-8-9-27-19(21(26)29)14-18(24-27)20(28)23-6-1-7-25-10-12-30-13-11-25/h2-5,14H,1,6-13,15H2,(H,23,28). The summed E-state index contributed by atoms with van der Waals surface area (Å²) in [6.07, 6.45) is 0.868. The summed E-state index contributed by atoms with van der Waals surface area (Å²) >= 11 is 5.93. The average Bonchev–Trinajstić information content (AvgIpc) is 3.21. The smallest absolute Gasteiger partial charge is 0.272 e. The second kappa shape index (κ2) is 9.59. The summed E-state index contributed by atoms with van der Waals surface area (Å²) in [5.74, 6) is -0.356. The van der Waals surface area contributed by atoms with E-state index in [4.69, 9.17) is 16.3 Å². The van der Waals surface area contributed by atoms with Crippen LogP contribution in [0.1, 0.15) is 33.0 Å². The van der Waals surface area contributed by atoms with Crippen LogP contribution in [0.4, 0.5) is 0 Å². The molecule has 2 amide bonds. The molecule has 9 heteroatoms. The first kappa shape index (κ1) is 20.8. The Morgan fingerprint density at radius 2 is 1.90 bits per heavy atom. The summed E-state index contributed by atoms with van der Waals surface area (Å²) in [4.78, 5) is 29.4. The van der Waals surface area contributed by atoms with Crippen molar-refractivity contribution < 1.29 is 14.3 Å². The topological polar surface area (TPSA) is 79.7 Å². The number of aromatic nitrogens is 2. The first-order valence-electron chi connectivity index (χ1n) is 10.3. The molecule has 0 bridgehead atoms. The Morgan fingerprint density at radius 3 is 2.67 bits per heavy atom. The lowest BCUT2D eigenvalue weighted by molar-refractivity contribution is 0.0374. The Morgan fingerprint density at radius 1 is 1.13 bits per heavy atom.